The highest BCUT2D eigenvalue weighted by Crippen LogP contribution is 2.41. The van der Waals surface area contributed by atoms with Crippen LogP contribution in [0.25, 0.3) is 22.6 Å². The highest BCUT2D eigenvalue weighted by atomic mass is 16.5. The van der Waals surface area contributed by atoms with Crippen molar-refractivity contribution >= 4 is 40.5 Å². The number of imide groups is 1. The van der Waals surface area contributed by atoms with Gasteiger partial charge in [0.1, 0.15) is 0 Å². The van der Waals surface area contributed by atoms with Crippen LogP contribution in [0, 0.1) is 17.8 Å². The molecule has 1 heterocycles. The van der Waals surface area contributed by atoms with E-state index in [1.54, 1.807) is 14.2 Å². The number of hydrogen-bond donors (Lipinski definition) is 2. The molecule has 0 aliphatic heterocycles. The van der Waals surface area contributed by atoms with Gasteiger partial charge in [-0.15, -0.1) is 0 Å². The summed E-state index contributed by atoms with van der Waals surface area (Å²) in [5.41, 5.74) is 4.34. The second-order valence-corrected chi connectivity index (χ2v) is 12.1. The zero-order valence-electron chi connectivity index (χ0n) is 26.1. The van der Waals surface area contributed by atoms with Crippen molar-refractivity contribution in [2.24, 2.45) is 17.8 Å². The van der Waals surface area contributed by atoms with E-state index in [9.17, 15) is 14.4 Å². The minimum atomic E-state index is -0.682. The smallest absolute Gasteiger partial charge is 0.339 e. The van der Waals surface area contributed by atoms with E-state index in [1.807, 2.05) is 48.5 Å². The number of para-hydroxylation sites is 2. The maximum atomic E-state index is 13.7. The maximum Gasteiger partial charge on any atom is 0.339 e. The SMILES string of the molecule is COc1cccc(/C=C2\C[C@@H](C)Cc3c2nc2ccccc2c3C(=O)OCC(=O)NC(=O)N[C@H]2CCC[C@@H](C)[C@@H]2C)c1OC. The quantitative estimate of drug-likeness (QED) is 0.312. The zero-order chi connectivity index (χ0) is 31.4. The van der Waals surface area contributed by atoms with Crippen molar-refractivity contribution in [3.05, 3.63) is 64.8 Å². The van der Waals surface area contributed by atoms with Crippen molar-refractivity contribution in [2.45, 2.75) is 58.9 Å². The number of ether oxygens (including phenoxy) is 3. The number of benzene rings is 2. The molecule has 9 heteroatoms. The number of allylic oxidation sites excluding steroid dienone is 1. The van der Waals surface area contributed by atoms with Crippen LogP contribution >= 0.6 is 0 Å². The first kappa shape index (κ1) is 31.0. The van der Waals surface area contributed by atoms with Crippen LogP contribution in [0.4, 0.5) is 4.79 Å². The summed E-state index contributed by atoms with van der Waals surface area (Å²) in [6.07, 6.45) is 6.46. The van der Waals surface area contributed by atoms with Crippen molar-refractivity contribution in [1.82, 2.24) is 15.6 Å². The van der Waals surface area contributed by atoms with E-state index in [-0.39, 0.29) is 12.0 Å². The monoisotopic (exact) mass is 599 g/mol. The third-order valence-electron chi connectivity index (χ3n) is 9.00. The van der Waals surface area contributed by atoms with E-state index in [0.29, 0.717) is 46.2 Å². The van der Waals surface area contributed by atoms with Crippen molar-refractivity contribution in [2.75, 3.05) is 20.8 Å². The second-order valence-electron chi connectivity index (χ2n) is 12.1. The number of methoxy groups -OCH3 is 2. The number of pyridine rings is 1. The van der Waals surface area contributed by atoms with Gasteiger partial charge in [-0.25, -0.2) is 14.6 Å². The van der Waals surface area contributed by atoms with Crippen molar-refractivity contribution < 1.29 is 28.6 Å². The Bertz CT molecular complexity index is 1600. The van der Waals surface area contributed by atoms with Gasteiger partial charge in [0.25, 0.3) is 5.91 Å². The Hall–Kier alpha value is -4.40. The minimum Gasteiger partial charge on any atom is -0.493 e. The molecule has 9 nitrogen and oxygen atoms in total. The summed E-state index contributed by atoms with van der Waals surface area (Å²) in [4.78, 5) is 43.9. The molecule has 2 aliphatic carbocycles. The fourth-order valence-electron chi connectivity index (χ4n) is 6.54. The van der Waals surface area contributed by atoms with Crippen LogP contribution in [-0.2, 0) is 16.0 Å². The summed E-state index contributed by atoms with van der Waals surface area (Å²) >= 11 is 0. The van der Waals surface area contributed by atoms with E-state index >= 15 is 0 Å². The number of nitrogens with zero attached hydrogens (tertiary/aromatic N) is 1. The molecular weight excluding hydrogens is 558 g/mol. The topological polar surface area (TPSA) is 116 Å². The van der Waals surface area contributed by atoms with Crippen LogP contribution in [-0.4, -0.2) is 49.8 Å². The van der Waals surface area contributed by atoms with Crippen LogP contribution < -0.4 is 20.1 Å². The number of carbonyl (C=O) groups excluding carboxylic acids is 3. The molecule has 2 aliphatic rings. The molecule has 2 N–H and O–H groups in total. The van der Waals surface area contributed by atoms with Crippen LogP contribution in [0.5, 0.6) is 11.5 Å². The number of esters is 1. The van der Waals surface area contributed by atoms with Gasteiger partial charge in [-0.3, -0.25) is 10.1 Å². The summed E-state index contributed by atoms with van der Waals surface area (Å²) in [7, 11) is 3.20. The molecule has 3 amide bonds. The summed E-state index contributed by atoms with van der Waals surface area (Å²) < 4.78 is 16.7. The van der Waals surface area contributed by atoms with Gasteiger partial charge in [-0.05, 0) is 66.4 Å². The van der Waals surface area contributed by atoms with Gasteiger partial charge in [0.05, 0.1) is 31.0 Å². The lowest BCUT2D eigenvalue weighted by atomic mass is 9.78. The average molecular weight is 600 g/mol. The molecule has 3 aromatic rings. The molecule has 44 heavy (non-hydrogen) atoms. The number of amides is 3. The lowest BCUT2D eigenvalue weighted by Crippen LogP contribution is -2.49. The molecule has 0 radical (unpaired) electrons. The van der Waals surface area contributed by atoms with E-state index in [2.05, 4.69) is 31.4 Å². The number of aromatic nitrogens is 1. The maximum absolute atomic E-state index is 13.7. The number of urea groups is 1. The largest absolute Gasteiger partial charge is 0.493 e. The molecule has 232 valence electrons. The van der Waals surface area contributed by atoms with Crippen LogP contribution in [0.1, 0.15) is 73.6 Å². The number of hydrogen-bond acceptors (Lipinski definition) is 7. The highest BCUT2D eigenvalue weighted by molar-refractivity contribution is 6.07. The van der Waals surface area contributed by atoms with E-state index in [1.165, 1.54) is 0 Å². The first-order valence-electron chi connectivity index (χ1n) is 15.3. The molecule has 4 atom stereocenters. The van der Waals surface area contributed by atoms with Crippen molar-refractivity contribution in [3.63, 3.8) is 0 Å². The fraction of sp³-hybridized carbons (Fsp3) is 0.429. The Morgan fingerprint density at radius 1 is 0.977 bits per heavy atom. The van der Waals surface area contributed by atoms with Gasteiger partial charge in [0, 0.05) is 17.0 Å². The Morgan fingerprint density at radius 3 is 2.55 bits per heavy atom. The van der Waals surface area contributed by atoms with Gasteiger partial charge in [-0.1, -0.05) is 63.9 Å². The predicted molar refractivity (Wildman–Crippen MR) is 170 cm³/mol. The average Bonchev–Trinajstić information content (AvgIpc) is 3.01. The molecule has 0 saturated heterocycles. The van der Waals surface area contributed by atoms with Gasteiger partial charge >= 0.3 is 12.0 Å². The molecular formula is C35H41N3O6. The molecule has 0 bridgehead atoms. The predicted octanol–water partition coefficient (Wildman–Crippen LogP) is 6.18. The second kappa shape index (κ2) is 13.5. The summed E-state index contributed by atoms with van der Waals surface area (Å²) in [5.74, 6) is 0.969. The number of carbonyl (C=O) groups is 3. The Labute approximate surface area is 258 Å². The Balaban J connectivity index is 1.40. The van der Waals surface area contributed by atoms with Crippen LogP contribution in [0.3, 0.4) is 0 Å². The lowest BCUT2D eigenvalue weighted by molar-refractivity contribution is -0.123. The van der Waals surface area contributed by atoms with E-state index < -0.39 is 24.5 Å². The van der Waals surface area contributed by atoms with Gasteiger partial charge < -0.3 is 19.5 Å². The minimum absolute atomic E-state index is 0.00462. The van der Waals surface area contributed by atoms with Crippen LogP contribution in [0.15, 0.2) is 42.5 Å². The first-order valence-corrected chi connectivity index (χ1v) is 15.3. The molecule has 1 saturated carbocycles. The fourth-order valence-corrected chi connectivity index (χ4v) is 6.54. The van der Waals surface area contributed by atoms with E-state index in [4.69, 9.17) is 19.2 Å². The normalized spacial score (nSPS) is 22.2. The first-order chi connectivity index (χ1) is 21.2. The molecule has 1 aromatic heterocycles. The van der Waals surface area contributed by atoms with Crippen molar-refractivity contribution in [3.8, 4) is 11.5 Å². The number of nitrogens with one attached hydrogen (secondary N) is 2. The molecule has 2 aromatic carbocycles. The summed E-state index contributed by atoms with van der Waals surface area (Å²) in [5, 5.41) is 5.89. The van der Waals surface area contributed by atoms with Gasteiger partial charge in [-0.2, -0.15) is 0 Å². The van der Waals surface area contributed by atoms with E-state index in [0.717, 1.165) is 48.1 Å². The zero-order valence-corrected chi connectivity index (χ0v) is 26.1. The molecule has 0 spiro atoms. The molecule has 1 fully saturated rings. The summed E-state index contributed by atoms with van der Waals surface area (Å²) in [6.45, 7) is 5.85. The third kappa shape index (κ3) is 6.56. The molecule has 0 unspecified atom stereocenters. The number of fused-ring (bicyclic) bond motifs is 2. The van der Waals surface area contributed by atoms with Crippen molar-refractivity contribution in [1.29, 1.82) is 0 Å². The summed E-state index contributed by atoms with van der Waals surface area (Å²) in [6, 6.07) is 12.6. The van der Waals surface area contributed by atoms with Gasteiger partial charge in [0.2, 0.25) is 0 Å². The van der Waals surface area contributed by atoms with Crippen LogP contribution in [0.2, 0.25) is 0 Å². The standard InChI is InChI=1S/C35H41N3O6/c1-20-16-24(18-23-11-9-15-29(42-4)33(23)43-5)32-26(17-20)31(25-12-6-7-13-28(25)36-32)34(40)44-19-30(39)38-35(41)37-27-14-8-10-21(2)22(27)3/h6-7,9,11-13,15,18,20-22,27H,8,10,14,16-17,19H2,1-5H3,(H2,37,38,39,41)/b24-18+/t20-,21-,22+,27+/m1/s1. The lowest BCUT2D eigenvalue weighted by Gasteiger charge is -2.34. The number of rotatable bonds is 7. The third-order valence-corrected chi connectivity index (χ3v) is 9.00. The Morgan fingerprint density at radius 2 is 1.77 bits per heavy atom. The molecule has 5 rings (SSSR count). The highest BCUT2D eigenvalue weighted by Gasteiger charge is 2.31. The van der Waals surface area contributed by atoms with Gasteiger partial charge in [0.15, 0.2) is 18.1 Å². The Kier molecular flexibility index (Phi) is 9.52.